The van der Waals surface area contributed by atoms with Crippen LogP contribution in [0.25, 0.3) is 0 Å². The topological polar surface area (TPSA) is 72.9 Å². The van der Waals surface area contributed by atoms with Gasteiger partial charge in [-0.05, 0) is 12.3 Å². The van der Waals surface area contributed by atoms with Gasteiger partial charge in [-0.1, -0.05) is 20.8 Å². The molecule has 0 saturated carbocycles. The van der Waals surface area contributed by atoms with Crippen molar-refractivity contribution in [3.05, 3.63) is 5.69 Å². The van der Waals surface area contributed by atoms with E-state index in [1.807, 2.05) is 14.0 Å². The van der Waals surface area contributed by atoms with Crippen LogP contribution in [0.15, 0.2) is 0 Å². The predicted molar refractivity (Wildman–Crippen MR) is 78.3 cm³/mol. The molecule has 0 fully saturated rings. The lowest BCUT2D eigenvalue weighted by atomic mass is 10.1. The Labute approximate surface area is 112 Å². The predicted octanol–water partition coefficient (Wildman–Crippen LogP) is 1.69. The fourth-order valence-corrected chi connectivity index (χ4v) is 2.21. The fourth-order valence-electron chi connectivity index (χ4n) is 1.76. The summed E-state index contributed by atoms with van der Waals surface area (Å²) >= 11 is 0. The Morgan fingerprint density at radius 1 is 1.44 bits per heavy atom. The molecule has 0 aromatic carbocycles. The summed E-state index contributed by atoms with van der Waals surface area (Å²) in [6, 6.07) is 0. The van der Waals surface area contributed by atoms with E-state index in [4.69, 9.17) is 5.73 Å². The molecular weight excluding hydrogens is 248 g/mol. The molecule has 18 heavy (non-hydrogen) atoms. The van der Waals surface area contributed by atoms with Crippen LogP contribution in [0.1, 0.15) is 38.8 Å². The summed E-state index contributed by atoms with van der Waals surface area (Å²) < 4.78 is 13.0. The monoisotopic (exact) mass is 272 g/mol. The quantitative estimate of drug-likeness (QED) is 0.826. The Kier molecular flexibility index (Phi) is 5.19. The molecule has 2 unspecified atom stereocenters. The molecule has 1 aromatic rings. The third kappa shape index (κ3) is 3.48. The van der Waals surface area contributed by atoms with Gasteiger partial charge in [0.05, 0.1) is 11.4 Å². The molecule has 0 aliphatic rings. The summed E-state index contributed by atoms with van der Waals surface area (Å²) in [5, 5.41) is 7.89. The zero-order valence-corrected chi connectivity index (χ0v) is 12.7. The molecule has 5 nitrogen and oxygen atoms in total. The molecular formula is C12H24N4OS. The van der Waals surface area contributed by atoms with Crippen LogP contribution in [0.5, 0.6) is 0 Å². The van der Waals surface area contributed by atoms with Gasteiger partial charge in [0.25, 0.3) is 0 Å². The van der Waals surface area contributed by atoms with Crippen molar-refractivity contribution in [3.8, 4) is 0 Å². The number of nitrogens with zero attached hydrogens (tertiary/aromatic N) is 2. The summed E-state index contributed by atoms with van der Waals surface area (Å²) in [4.78, 5) is 0. The number of nitrogens with two attached hydrogens (primary N) is 1. The molecule has 1 aromatic heterocycles. The first-order valence-corrected chi connectivity index (χ1v) is 7.85. The Morgan fingerprint density at radius 2 is 2.06 bits per heavy atom. The highest BCUT2D eigenvalue weighted by Gasteiger charge is 2.15. The van der Waals surface area contributed by atoms with Crippen molar-refractivity contribution in [1.29, 1.82) is 0 Å². The average Bonchev–Trinajstić information content (AvgIpc) is 2.56. The molecule has 0 aliphatic carbocycles. The number of anilines is 2. The number of nitrogen functional groups attached to an aromatic ring is 1. The normalized spacial score (nSPS) is 14.8. The summed E-state index contributed by atoms with van der Waals surface area (Å²) in [6.07, 6.45) is 2.59. The lowest BCUT2D eigenvalue weighted by molar-refractivity contribution is 0.671. The van der Waals surface area contributed by atoms with E-state index in [2.05, 4.69) is 24.3 Å². The molecule has 0 radical (unpaired) electrons. The van der Waals surface area contributed by atoms with E-state index < -0.39 is 10.8 Å². The van der Waals surface area contributed by atoms with Crippen LogP contribution in [0.3, 0.4) is 0 Å². The van der Waals surface area contributed by atoms with Crippen LogP contribution in [0.2, 0.25) is 0 Å². The average molecular weight is 272 g/mol. The Bertz CT molecular complexity index is 428. The molecule has 0 amide bonds. The largest absolute Gasteiger partial charge is 0.394 e. The van der Waals surface area contributed by atoms with Gasteiger partial charge in [0.15, 0.2) is 0 Å². The number of hydrogen-bond donors (Lipinski definition) is 2. The molecule has 1 heterocycles. The first-order chi connectivity index (χ1) is 8.34. The minimum atomic E-state index is -0.775. The van der Waals surface area contributed by atoms with E-state index in [-0.39, 0.29) is 5.25 Å². The lowest BCUT2D eigenvalue weighted by Gasteiger charge is -2.11. The Balaban J connectivity index is 2.65. The van der Waals surface area contributed by atoms with Gasteiger partial charge in [-0.3, -0.25) is 8.89 Å². The Hall–Kier alpha value is -1.04. The molecule has 0 aliphatic heterocycles. The first-order valence-electron chi connectivity index (χ1n) is 6.23. The zero-order valence-electron chi connectivity index (χ0n) is 11.9. The third-order valence-electron chi connectivity index (χ3n) is 3.07. The highest BCUT2D eigenvalue weighted by molar-refractivity contribution is 7.84. The molecule has 1 rings (SSSR count). The number of aryl methyl sites for hydroxylation is 1. The van der Waals surface area contributed by atoms with Crippen molar-refractivity contribution in [2.45, 2.75) is 38.4 Å². The van der Waals surface area contributed by atoms with Crippen LogP contribution in [-0.4, -0.2) is 32.0 Å². The van der Waals surface area contributed by atoms with Crippen LogP contribution in [0.4, 0.5) is 11.5 Å². The highest BCUT2D eigenvalue weighted by atomic mass is 32.2. The molecule has 104 valence electrons. The molecule has 0 saturated heterocycles. The second-order valence-corrected chi connectivity index (χ2v) is 6.75. The van der Waals surface area contributed by atoms with Gasteiger partial charge < -0.3 is 11.1 Å². The van der Waals surface area contributed by atoms with E-state index in [1.54, 1.807) is 10.9 Å². The van der Waals surface area contributed by atoms with Crippen LogP contribution < -0.4 is 11.1 Å². The van der Waals surface area contributed by atoms with Gasteiger partial charge in [0.1, 0.15) is 5.82 Å². The maximum absolute atomic E-state index is 11.3. The second-order valence-electron chi connectivity index (χ2n) is 4.95. The van der Waals surface area contributed by atoms with Crippen LogP contribution in [0, 0.1) is 0 Å². The summed E-state index contributed by atoms with van der Waals surface area (Å²) in [7, 11) is 1.11. The first kappa shape index (κ1) is 15.0. The van der Waals surface area contributed by atoms with Crippen molar-refractivity contribution in [2.24, 2.45) is 7.05 Å². The van der Waals surface area contributed by atoms with E-state index in [1.165, 1.54) is 0 Å². The van der Waals surface area contributed by atoms with Crippen molar-refractivity contribution in [1.82, 2.24) is 9.78 Å². The highest BCUT2D eigenvalue weighted by Crippen LogP contribution is 2.27. The van der Waals surface area contributed by atoms with E-state index in [0.717, 1.165) is 30.2 Å². The van der Waals surface area contributed by atoms with Gasteiger partial charge >= 0.3 is 0 Å². The van der Waals surface area contributed by atoms with E-state index in [9.17, 15) is 4.21 Å². The van der Waals surface area contributed by atoms with Gasteiger partial charge in [-0.2, -0.15) is 5.10 Å². The standard InChI is InChI=1S/C12H24N4OS/c1-8(2)11-10(13)12(16(4)15-11)14-7-6-9(3)18(5)17/h8-9,14H,6-7,13H2,1-5H3. The zero-order chi connectivity index (χ0) is 13.9. The number of rotatable bonds is 6. The molecule has 3 N–H and O–H groups in total. The number of hydrogen-bond acceptors (Lipinski definition) is 4. The van der Waals surface area contributed by atoms with Gasteiger partial charge in [-0.25, -0.2) is 0 Å². The van der Waals surface area contributed by atoms with Crippen molar-refractivity contribution >= 4 is 22.3 Å². The molecule has 2 atom stereocenters. The smallest absolute Gasteiger partial charge is 0.147 e. The van der Waals surface area contributed by atoms with E-state index in [0.29, 0.717) is 5.92 Å². The SMILES string of the molecule is CC(C)c1nn(C)c(NCCC(C)S(C)=O)c1N. The molecule has 0 spiro atoms. The minimum absolute atomic E-state index is 0.191. The van der Waals surface area contributed by atoms with Gasteiger partial charge in [0.2, 0.25) is 0 Å². The summed E-state index contributed by atoms with van der Waals surface area (Å²) in [5.41, 5.74) is 7.72. The van der Waals surface area contributed by atoms with Crippen LogP contribution >= 0.6 is 0 Å². The van der Waals surface area contributed by atoms with Gasteiger partial charge in [0, 0.05) is 35.9 Å². The lowest BCUT2D eigenvalue weighted by Crippen LogP contribution is -2.16. The third-order valence-corrected chi connectivity index (χ3v) is 4.44. The van der Waals surface area contributed by atoms with Crippen molar-refractivity contribution < 1.29 is 4.21 Å². The maximum Gasteiger partial charge on any atom is 0.147 e. The number of nitrogens with one attached hydrogen (secondary N) is 1. The molecule has 6 heteroatoms. The summed E-state index contributed by atoms with van der Waals surface area (Å²) in [6.45, 7) is 6.89. The Morgan fingerprint density at radius 3 is 2.50 bits per heavy atom. The minimum Gasteiger partial charge on any atom is -0.394 e. The van der Waals surface area contributed by atoms with Gasteiger partial charge in [-0.15, -0.1) is 0 Å². The molecule has 0 bridgehead atoms. The second kappa shape index (κ2) is 6.22. The van der Waals surface area contributed by atoms with E-state index >= 15 is 0 Å². The summed E-state index contributed by atoms with van der Waals surface area (Å²) in [5.74, 6) is 1.17. The van der Waals surface area contributed by atoms with Crippen LogP contribution in [-0.2, 0) is 17.8 Å². The fraction of sp³-hybridized carbons (Fsp3) is 0.750. The number of aromatic nitrogens is 2. The van der Waals surface area contributed by atoms with Crippen molar-refractivity contribution in [3.63, 3.8) is 0 Å². The van der Waals surface area contributed by atoms with Crippen molar-refractivity contribution in [2.75, 3.05) is 23.9 Å². The maximum atomic E-state index is 11.3.